The second-order valence-electron chi connectivity index (χ2n) is 5.16. The Morgan fingerprint density at radius 3 is 2.04 bits per heavy atom. The average molecular weight is 345 g/mol. The Kier molecular flexibility index (Phi) is 6.84. The van der Waals surface area contributed by atoms with Crippen LogP contribution in [-0.2, 0) is 0 Å². The van der Waals surface area contributed by atoms with Crippen LogP contribution in [0, 0.1) is 0 Å². The van der Waals surface area contributed by atoms with Crippen molar-refractivity contribution in [2.45, 2.75) is 6.92 Å². The summed E-state index contributed by atoms with van der Waals surface area (Å²) >= 11 is 5.33. The molecule has 0 aliphatic heterocycles. The van der Waals surface area contributed by atoms with Gasteiger partial charge in [-0.05, 0) is 67.7 Å². The van der Waals surface area contributed by atoms with E-state index in [1.807, 2.05) is 48.5 Å². The zero-order chi connectivity index (χ0) is 17.4. The Hall–Kier alpha value is -2.31. The molecule has 0 unspecified atom stereocenters. The first-order valence-corrected chi connectivity index (χ1v) is 8.25. The van der Waals surface area contributed by atoms with E-state index < -0.39 is 0 Å². The molecule has 0 amide bonds. The topological polar surface area (TPSA) is 56.8 Å². The zero-order valence-corrected chi connectivity index (χ0v) is 14.8. The Morgan fingerprint density at radius 1 is 1.04 bits per heavy atom. The van der Waals surface area contributed by atoms with Gasteiger partial charge in [0.1, 0.15) is 5.75 Å². The number of hydrogen-bond acceptors (Lipinski definition) is 4. The molecule has 0 bridgehead atoms. The van der Waals surface area contributed by atoms with Crippen LogP contribution >= 0.6 is 12.2 Å². The van der Waals surface area contributed by atoms with Crippen LogP contribution in [0.15, 0.2) is 48.5 Å². The monoisotopic (exact) mass is 345 g/mol. The predicted molar refractivity (Wildman–Crippen MR) is 104 cm³/mol. The summed E-state index contributed by atoms with van der Waals surface area (Å²) in [5.74, 6) is 0.804. The summed E-state index contributed by atoms with van der Waals surface area (Å²) in [5, 5.41) is 15.9. The van der Waals surface area contributed by atoms with Crippen molar-refractivity contribution in [3.8, 4) is 5.75 Å². The van der Waals surface area contributed by atoms with E-state index >= 15 is 0 Å². The fourth-order valence-electron chi connectivity index (χ4n) is 2.31. The molecule has 0 atom stereocenters. The van der Waals surface area contributed by atoms with Crippen LogP contribution in [-0.4, -0.2) is 37.0 Å². The lowest BCUT2D eigenvalue weighted by Gasteiger charge is -2.22. The van der Waals surface area contributed by atoms with Crippen molar-refractivity contribution >= 4 is 34.4 Å². The summed E-state index contributed by atoms with van der Waals surface area (Å²) in [6, 6.07) is 15.5. The molecule has 128 valence electrons. The van der Waals surface area contributed by atoms with E-state index in [-0.39, 0.29) is 6.61 Å². The smallest absolute Gasteiger partial charge is 0.175 e. The van der Waals surface area contributed by atoms with E-state index in [1.54, 1.807) is 7.11 Å². The van der Waals surface area contributed by atoms with Crippen molar-refractivity contribution in [1.29, 1.82) is 0 Å². The Labute approximate surface area is 148 Å². The predicted octanol–water partition coefficient (Wildman–Crippen LogP) is 3.32. The molecule has 2 rings (SSSR count). The molecule has 0 aliphatic rings. The minimum atomic E-state index is 0.143. The van der Waals surface area contributed by atoms with Gasteiger partial charge in [-0.1, -0.05) is 0 Å². The molecule has 0 heterocycles. The number of nitrogens with one attached hydrogen (secondary N) is 2. The normalized spacial score (nSPS) is 10.1. The van der Waals surface area contributed by atoms with Gasteiger partial charge in [0.25, 0.3) is 0 Å². The number of nitrogens with zero attached hydrogens (tertiary/aromatic N) is 1. The highest BCUT2D eigenvalue weighted by Crippen LogP contribution is 2.19. The van der Waals surface area contributed by atoms with E-state index in [9.17, 15) is 0 Å². The molecule has 0 radical (unpaired) electrons. The molecule has 24 heavy (non-hydrogen) atoms. The molecule has 0 aromatic heterocycles. The number of ether oxygens (including phenoxy) is 1. The number of rotatable bonds is 7. The van der Waals surface area contributed by atoms with Crippen LogP contribution in [0.2, 0.25) is 0 Å². The number of methoxy groups -OCH3 is 1. The summed E-state index contributed by atoms with van der Waals surface area (Å²) in [6.07, 6.45) is 0. The lowest BCUT2D eigenvalue weighted by Crippen LogP contribution is -2.26. The first kappa shape index (κ1) is 18.0. The van der Waals surface area contributed by atoms with Gasteiger partial charge in [-0.3, -0.25) is 0 Å². The SMILES string of the molecule is CCN(CCO)c1ccc(NC(=S)Nc2ccc(OC)cc2)cc1. The van der Waals surface area contributed by atoms with Gasteiger partial charge in [-0.25, -0.2) is 0 Å². The maximum absolute atomic E-state index is 9.09. The highest BCUT2D eigenvalue weighted by atomic mass is 32.1. The molecule has 5 nitrogen and oxygen atoms in total. The number of anilines is 3. The van der Waals surface area contributed by atoms with Crippen molar-refractivity contribution in [2.75, 3.05) is 42.3 Å². The largest absolute Gasteiger partial charge is 0.497 e. The minimum absolute atomic E-state index is 0.143. The van der Waals surface area contributed by atoms with Crippen LogP contribution in [0.4, 0.5) is 17.1 Å². The van der Waals surface area contributed by atoms with Crippen LogP contribution in [0.3, 0.4) is 0 Å². The summed E-state index contributed by atoms with van der Waals surface area (Å²) in [4.78, 5) is 2.11. The number of aliphatic hydroxyl groups is 1. The number of likely N-dealkylation sites (N-methyl/N-ethyl adjacent to an activating group) is 1. The van der Waals surface area contributed by atoms with Gasteiger partial charge in [0.2, 0.25) is 0 Å². The molecule has 2 aromatic rings. The maximum Gasteiger partial charge on any atom is 0.175 e. The fourth-order valence-corrected chi connectivity index (χ4v) is 2.55. The quantitative estimate of drug-likeness (QED) is 0.669. The first-order valence-electron chi connectivity index (χ1n) is 7.84. The van der Waals surface area contributed by atoms with E-state index in [0.717, 1.165) is 29.4 Å². The summed E-state index contributed by atoms with van der Waals surface area (Å²) < 4.78 is 5.13. The van der Waals surface area contributed by atoms with Gasteiger partial charge in [0.15, 0.2) is 5.11 Å². The molecule has 0 saturated heterocycles. The molecule has 6 heteroatoms. The fraction of sp³-hybridized carbons (Fsp3) is 0.278. The van der Waals surface area contributed by atoms with Crippen molar-refractivity contribution in [3.05, 3.63) is 48.5 Å². The molecular weight excluding hydrogens is 322 g/mol. The number of benzene rings is 2. The van der Waals surface area contributed by atoms with Gasteiger partial charge >= 0.3 is 0 Å². The zero-order valence-electron chi connectivity index (χ0n) is 14.0. The van der Waals surface area contributed by atoms with Gasteiger partial charge in [0, 0.05) is 30.2 Å². The lowest BCUT2D eigenvalue weighted by molar-refractivity contribution is 0.302. The Balaban J connectivity index is 1.93. The van der Waals surface area contributed by atoms with Gasteiger partial charge in [-0.2, -0.15) is 0 Å². The first-order chi connectivity index (χ1) is 11.7. The second kappa shape index (κ2) is 9.10. The van der Waals surface area contributed by atoms with Crippen LogP contribution in [0.1, 0.15) is 6.92 Å². The third kappa shape index (κ3) is 5.11. The Bertz CT molecular complexity index is 644. The number of thiocarbonyl (C=S) groups is 1. The van der Waals surface area contributed by atoms with Crippen LogP contribution in [0.5, 0.6) is 5.75 Å². The number of hydrogen-bond donors (Lipinski definition) is 3. The molecule has 0 saturated carbocycles. The summed E-state index contributed by atoms with van der Waals surface area (Å²) in [6.45, 7) is 3.69. The van der Waals surface area contributed by atoms with Crippen molar-refractivity contribution < 1.29 is 9.84 Å². The van der Waals surface area contributed by atoms with Crippen LogP contribution in [0.25, 0.3) is 0 Å². The van der Waals surface area contributed by atoms with E-state index in [1.165, 1.54) is 0 Å². The molecule has 2 aromatic carbocycles. The minimum Gasteiger partial charge on any atom is -0.497 e. The molecule has 3 N–H and O–H groups in total. The lowest BCUT2D eigenvalue weighted by atomic mass is 10.2. The van der Waals surface area contributed by atoms with Gasteiger partial charge < -0.3 is 25.4 Å². The third-order valence-corrected chi connectivity index (χ3v) is 3.79. The van der Waals surface area contributed by atoms with Crippen LogP contribution < -0.4 is 20.3 Å². The summed E-state index contributed by atoms with van der Waals surface area (Å²) in [7, 11) is 1.64. The average Bonchev–Trinajstić information content (AvgIpc) is 2.61. The highest BCUT2D eigenvalue weighted by molar-refractivity contribution is 7.80. The van der Waals surface area contributed by atoms with Gasteiger partial charge in [0.05, 0.1) is 13.7 Å². The van der Waals surface area contributed by atoms with Gasteiger partial charge in [-0.15, -0.1) is 0 Å². The van der Waals surface area contributed by atoms with E-state index in [2.05, 4.69) is 22.5 Å². The standard InChI is InChI=1S/C18H23N3O2S/c1-3-21(12-13-22)16-8-4-14(5-9-16)19-18(24)20-15-6-10-17(23-2)11-7-15/h4-11,22H,3,12-13H2,1-2H3,(H2,19,20,24). The molecule has 0 fully saturated rings. The summed E-state index contributed by atoms with van der Waals surface area (Å²) in [5.41, 5.74) is 2.88. The number of aliphatic hydroxyl groups excluding tert-OH is 1. The molecule has 0 spiro atoms. The molecule has 0 aliphatic carbocycles. The van der Waals surface area contributed by atoms with Crippen molar-refractivity contribution in [1.82, 2.24) is 0 Å². The third-order valence-electron chi connectivity index (χ3n) is 3.59. The van der Waals surface area contributed by atoms with Crippen molar-refractivity contribution in [3.63, 3.8) is 0 Å². The molecular formula is C18H23N3O2S. The van der Waals surface area contributed by atoms with E-state index in [0.29, 0.717) is 11.7 Å². The second-order valence-corrected chi connectivity index (χ2v) is 5.57. The Morgan fingerprint density at radius 2 is 1.58 bits per heavy atom. The van der Waals surface area contributed by atoms with Crippen molar-refractivity contribution in [2.24, 2.45) is 0 Å². The van der Waals surface area contributed by atoms with E-state index in [4.69, 9.17) is 22.1 Å². The maximum atomic E-state index is 9.09. The highest BCUT2D eigenvalue weighted by Gasteiger charge is 2.04.